The first kappa shape index (κ1) is 21.7. The highest BCUT2D eigenvalue weighted by Gasteiger charge is 2.34. The van der Waals surface area contributed by atoms with Crippen LogP contribution in [-0.4, -0.2) is 29.1 Å². The molecule has 0 aliphatic heterocycles. The van der Waals surface area contributed by atoms with Crippen LogP contribution in [0.15, 0.2) is 78.9 Å². The molecule has 0 aromatic heterocycles. The molecule has 2 aromatic rings. The monoisotopic (exact) mass is 394 g/mol. The Morgan fingerprint density at radius 3 is 2.52 bits per heavy atom. The minimum Gasteiger partial charge on any atom is -0.475 e. The molecule has 29 heavy (non-hydrogen) atoms. The number of ether oxygens (including phenoxy) is 2. The Kier molecular flexibility index (Phi) is 8.42. The molecule has 7 heteroatoms. The highest BCUT2D eigenvalue weighted by atomic mass is 16.6. The number of aliphatic hydroxyl groups is 1. The molecule has 0 atom stereocenters. The Morgan fingerprint density at radius 2 is 1.86 bits per heavy atom. The van der Waals surface area contributed by atoms with Gasteiger partial charge in [0.15, 0.2) is 4.98 Å². The van der Waals surface area contributed by atoms with E-state index in [0.29, 0.717) is 25.4 Å². The van der Waals surface area contributed by atoms with E-state index < -0.39 is 17.6 Å². The fourth-order valence-electron chi connectivity index (χ4n) is 2.71. The molecule has 0 fully saturated rings. The zero-order valence-corrected chi connectivity index (χ0v) is 16.3. The van der Waals surface area contributed by atoms with Crippen LogP contribution in [0.1, 0.15) is 18.1 Å². The second-order valence-corrected chi connectivity index (χ2v) is 6.13. The highest BCUT2D eigenvalue weighted by Crippen LogP contribution is 2.22. The van der Waals surface area contributed by atoms with Crippen molar-refractivity contribution in [3.63, 3.8) is 0 Å². The summed E-state index contributed by atoms with van der Waals surface area (Å²) in [6, 6.07) is 17.0. The molecule has 7 nitrogen and oxygen atoms in total. The molecule has 0 unspecified atom stereocenters. The maximum Gasteiger partial charge on any atom is 0.547 e. The van der Waals surface area contributed by atoms with Crippen LogP contribution in [0, 0.1) is 5.39 Å². The molecule has 150 valence electrons. The van der Waals surface area contributed by atoms with Crippen molar-refractivity contribution < 1.29 is 19.4 Å². The summed E-state index contributed by atoms with van der Waals surface area (Å²) in [5, 5.41) is 18.7. The van der Waals surface area contributed by atoms with Crippen LogP contribution >= 0.6 is 0 Å². The average Bonchev–Trinajstić information content (AvgIpc) is 2.71. The fourth-order valence-corrected chi connectivity index (χ4v) is 2.71. The van der Waals surface area contributed by atoms with Gasteiger partial charge in [-0.25, -0.2) is 4.79 Å². The predicted octanol–water partition coefficient (Wildman–Crippen LogP) is 4.40. The SMILES string of the molecule is C=CCN(Cc1ccccc1)Cc1ccccc1OC(=O)/C([N+]#N)=C(\O)OCC. The predicted molar refractivity (Wildman–Crippen MR) is 109 cm³/mol. The van der Waals surface area contributed by atoms with E-state index in [-0.39, 0.29) is 6.61 Å². The zero-order chi connectivity index (χ0) is 21.1. The highest BCUT2D eigenvalue weighted by molar-refractivity contribution is 5.92. The number of nitrogens with zero attached hydrogens (tertiary/aromatic N) is 3. The third kappa shape index (κ3) is 6.48. The number of rotatable bonds is 10. The number of carbonyl (C=O) groups excluding carboxylic acids is 1. The first-order valence-corrected chi connectivity index (χ1v) is 9.17. The van der Waals surface area contributed by atoms with E-state index in [9.17, 15) is 9.90 Å². The van der Waals surface area contributed by atoms with Crippen molar-refractivity contribution in [1.82, 2.24) is 4.90 Å². The summed E-state index contributed by atoms with van der Waals surface area (Å²) in [7, 11) is 0. The molecular formula is C22H24N3O4+. The molecule has 0 spiro atoms. The van der Waals surface area contributed by atoms with Crippen LogP contribution in [-0.2, 0) is 22.6 Å². The van der Waals surface area contributed by atoms with Gasteiger partial charge >= 0.3 is 17.6 Å². The van der Waals surface area contributed by atoms with Crippen LogP contribution in [0.5, 0.6) is 5.75 Å². The number of aliphatic hydroxyl groups excluding tert-OH is 1. The van der Waals surface area contributed by atoms with E-state index in [2.05, 4.69) is 16.5 Å². The topological polar surface area (TPSA) is 87.2 Å². The van der Waals surface area contributed by atoms with Gasteiger partial charge in [-0.2, -0.15) is 0 Å². The van der Waals surface area contributed by atoms with E-state index in [1.165, 1.54) is 0 Å². The average molecular weight is 394 g/mol. The number of carbonyl (C=O) groups is 1. The van der Waals surface area contributed by atoms with Crippen LogP contribution in [0.2, 0.25) is 0 Å². The fraction of sp³-hybridized carbons (Fsp3) is 0.227. The van der Waals surface area contributed by atoms with Gasteiger partial charge in [0.1, 0.15) is 5.75 Å². The van der Waals surface area contributed by atoms with Crippen LogP contribution in [0.4, 0.5) is 0 Å². The maximum atomic E-state index is 12.3. The quantitative estimate of drug-likeness (QED) is 0.161. The van der Waals surface area contributed by atoms with Crippen molar-refractivity contribution in [2.75, 3.05) is 13.2 Å². The van der Waals surface area contributed by atoms with Gasteiger partial charge < -0.3 is 14.6 Å². The van der Waals surface area contributed by atoms with Gasteiger partial charge in [0.25, 0.3) is 0 Å². The van der Waals surface area contributed by atoms with Gasteiger partial charge in [-0.15, -0.1) is 6.58 Å². The van der Waals surface area contributed by atoms with Crippen molar-refractivity contribution in [2.24, 2.45) is 0 Å². The molecule has 0 saturated carbocycles. The summed E-state index contributed by atoms with van der Waals surface area (Å²) < 4.78 is 10.2. The molecule has 2 rings (SSSR count). The van der Waals surface area contributed by atoms with Crippen molar-refractivity contribution in [2.45, 2.75) is 20.0 Å². The minimum absolute atomic E-state index is 0.102. The Morgan fingerprint density at radius 1 is 1.17 bits per heavy atom. The smallest absolute Gasteiger partial charge is 0.475 e. The number of esters is 1. The third-order valence-corrected chi connectivity index (χ3v) is 3.98. The van der Waals surface area contributed by atoms with Crippen molar-refractivity contribution in [3.8, 4) is 5.75 Å². The molecule has 0 bridgehead atoms. The molecule has 0 radical (unpaired) electrons. The summed E-state index contributed by atoms with van der Waals surface area (Å²) in [4.78, 5) is 17.2. The van der Waals surface area contributed by atoms with Crippen molar-refractivity contribution in [1.29, 1.82) is 5.39 Å². The molecule has 1 N–H and O–H groups in total. The Labute approximate surface area is 170 Å². The lowest BCUT2D eigenvalue weighted by molar-refractivity contribution is -0.130. The summed E-state index contributed by atoms with van der Waals surface area (Å²) in [5.41, 5.74) is 1.20. The lowest BCUT2D eigenvalue weighted by atomic mass is 10.1. The first-order valence-electron chi connectivity index (χ1n) is 9.17. The summed E-state index contributed by atoms with van der Waals surface area (Å²) in [6.45, 7) is 7.36. The molecule has 0 amide bonds. The molecule has 0 heterocycles. The number of benzene rings is 2. The van der Waals surface area contributed by atoms with Crippen LogP contribution in [0.25, 0.3) is 4.98 Å². The van der Waals surface area contributed by atoms with Gasteiger partial charge in [0.2, 0.25) is 5.39 Å². The van der Waals surface area contributed by atoms with E-state index in [1.807, 2.05) is 48.5 Å². The largest absolute Gasteiger partial charge is 0.547 e. The summed E-state index contributed by atoms with van der Waals surface area (Å²) in [6.07, 6.45) is 1.81. The van der Waals surface area contributed by atoms with E-state index >= 15 is 0 Å². The van der Waals surface area contributed by atoms with Gasteiger partial charge in [-0.05, 0) is 18.6 Å². The first-order chi connectivity index (χ1) is 14.1. The maximum absolute atomic E-state index is 12.3. The molecule has 2 aromatic carbocycles. The van der Waals surface area contributed by atoms with Crippen LogP contribution in [0.3, 0.4) is 0 Å². The Hall–Kier alpha value is -3.63. The molecule has 0 aliphatic rings. The zero-order valence-electron chi connectivity index (χ0n) is 16.3. The van der Waals surface area contributed by atoms with E-state index in [4.69, 9.17) is 14.9 Å². The second kappa shape index (κ2) is 11.3. The molecule has 0 saturated heterocycles. The standard InChI is InChI=1S/C22H23N3O4/c1-3-14-25(15-17-10-6-5-7-11-17)16-18-12-8-9-13-19(18)29-22(27)20(24-23)21(26)28-4-2/h3,5-13H,1,4,14-16H2,2H3/p+1. The van der Waals surface area contributed by atoms with E-state index in [1.54, 1.807) is 19.1 Å². The summed E-state index contributed by atoms with van der Waals surface area (Å²) in [5.74, 6) is -1.52. The van der Waals surface area contributed by atoms with Gasteiger partial charge in [0.05, 0.1) is 6.61 Å². The summed E-state index contributed by atoms with van der Waals surface area (Å²) >= 11 is 0. The number of hydrogen-bond acceptors (Lipinski definition) is 6. The van der Waals surface area contributed by atoms with Crippen LogP contribution < -0.4 is 4.74 Å². The number of para-hydroxylation sites is 1. The number of hydrogen-bond donors (Lipinski definition) is 1. The van der Waals surface area contributed by atoms with Gasteiger partial charge in [-0.3, -0.25) is 4.90 Å². The third-order valence-electron chi connectivity index (χ3n) is 3.98. The minimum atomic E-state index is -1.02. The Balaban J connectivity index is 2.20. The lowest BCUT2D eigenvalue weighted by Crippen LogP contribution is -2.23. The normalized spacial score (nSPS) is 11.3. The van der Waals surface area contributed by atoms with Crippen molar-refractivity contribution in [3.05, 3.63) is 95.0 Å². The van der Waals surface area contributed by atoms with Gasteiger partial charge in [0, 0.05) is 25.2 Å². The number of diazo groups is 1. The molecular weight excluding hydrogens is 370 g/mol. The Bertz CT molecular complexity index is 904. The van der Waals surface area contributed by atoms with Crippen molar-refractivity contribution >= 4 is 5.97 Å². The molecule has 0 aliphatic carbocycles. The lowest BCUT2D eigenvalue weighted by Gasteiger charge is -2.22. The van der Waals surface area contributed by atoms with E-state index in [0.717, 1.165) is 11.1 Å². The van der Waals surface area contributed by atoms with Gasteiger partial charge in [-0.1, -0.05) is 54.6 Å². The second-order valence-electron chi connectivity index (χ2n) is 6.13.